The van der Waals surface area contributed by atoms with Crippen molar-refractivity contribution in [3.63, 3.8) is 0 Å². The van der Waals surface area contributed by atoms with Crippen molar-refractivity contribution >= 4 is 43.7 Å². The number of ether oxygens (including phenoxy) is 1. The number of rotatable bonds is 9. The lowest BCUT2D eigenvalue weighted by atomic mass is 9.87. The standard InChI is InChI=1S/C29H32Br2N2O3/c1-29(2,3)22-13-14-26(24(31)17-22)36-19-27(34)33(18-21-11-8-12-23(30)15-21)25(28(35)32-4)16-20-9-6-5-7-10-20/h5-15,17,25H,16,18-19H2,1-4H3,(H,32,35)/t25-/m0/s1. The summed E-state index contributed by atoms with van der Waals surface area (Å²) in [5, 5.41) is 2.73. The van der Waals surface area contributed by atoms with Crippen molar-refractivity contribution in [2.24, 2.45) is 0 Å². The maximum atomic E-state index is 13.6. The van der Waals surface area contributed by atoms with Gasteiger partial charge in [0, 0.05) is 24.5 Å². The zero-order chi connectivity index (χ0) is 26.3. The molecule has 0 saturated carbocycles. The highest BCUT2D eigenvalue weighted by Crippen LogP contribution is 2.31. The molecule has 0 saturated heterocycles. The first kappa shape index (κ1) is 27.9. The Morgan fingerprint density at radius 3 is 2.25 bits per heavy atom. The van der Waals surface area contributed by atoms with E-state index in [0.29, 0.717) is 12.2 Å². The number of nitrogens with one attached hydrogen (secondary N) is 1. The highest BCUT2D eigenvalue weighted by Gasteiger charge is 2.30. The fraction of sp³-hybridized carbons (Fsp3) is 0.310. The van der Waals surface area contributed by atoms with Crippen LogP contribution in [0.5, 0.6) is 5.75 Å². The van der Waals surface area contributed by atoms with E-state index in [0.717, 1.165) is 25.6 Å². The van der Waals surface area contributed by atoms with Crippen molar-refractivity contribution in [3.8, 4) is 5.75 Å². The molecule has 1 N–H and O–H groups in total. The number of hydrogen-bond acceptors (Lipinski definition) is 3. The Kier molecular flexibility index (Phi) is 9.74. The van der Waals surface area contributed by atoms with Crippen LogP contribution in [0.1, 0.15) is 37.5 Å². The summed E-state index contributed by atoms with van der Waals surface area (Å²) in [6.07, 6.45) is 0.393. The minimum absolute atomic E-state index is 0.00417. The summed E-state index contributed by atoms with van der Waals surface area (Å²) in [7, 11) is 1.59. The second kappa shape index (κ2) is 12.5. The van der Waals surface area contributed by atoms with Gasteiger partial charge in [0.15, 0.2) is 6.61 Å². The van der Waals surface area contributed by atoms with E-state index in [9.17, 15) is 9.59 Å². The van der Waals surface area contributed by atoms with E-state index in [1.165, 1.54) is 0 Å². The molecule has 2 amide bonds. The summed E-state index contributed by atoms with van der Waals surface area (Å²) < 4.78 is 7.64. The SMILES string of the molecule is CNC(=O)[C@H](Cc1ccccc1)N(Cc1cccc(Br)c1)C(=O)COc1ccc(C(C)(C)C)cc1Br. The average Bonchev–Trinajstić information content (AvgIpc) is 2.84. The van der Waals surface area contributed by atoms with Gasteiger partial charge in [-0.15, -0.1) is 0 Å². The number of carbonyl (C=O) groups is 2. The highest BCUT2D eigenvalue weighted by atomic mass is 79.9. The Morgan fingerprint density at radius 2 is 1.64 bits per heavy atom. The van der Waals surface area contributed by atoms with Crippen LogP contribution in [0.25, 0.3) is 0 Å². The first-order chi connectivity index (χ1) is 17.1. The second-order valence-electron chi connectivity index (χ2n) is 9.66. The number of nitrogens with zero attached hydrogens (tertiary/aromatic N) is 1. The van der Waals surface area contributed by atoms with E-state index < -0.39 is 6.04 Å². The van der Waals surface area contributed by atoms with Crippen LogP contribution in [0.15, 0.2) is 81.7 Å². The minimum atomic E-state index is -0.695. The summed E-state index contributed by atoms with van der Waals surface area (Å²) in [6.45, 7) is 6.51. The molecule has 0 spiro atoms. The largest absolute Gasteiger partial charge is 0.483 e. The van der Waals surface area contributed by atoms with Crippen LogP contribution in [0.2, 0.25) is 0 Å². The smallest absolute Gasteiger partial charge is 0.261 e. The first-order valence-electron chi connectivity index (χ1n) is 11.8. The second-order valence-corrected chi connectivity index (χ2v) is 11.4. The molecule has 0 bridgehead atoms. The normalized spacial score (nSPS) is 12.1. The Balaban J connectivity index is 1.87. The van der Waals surface area contributed by atoms with Gasteiger partial charge in [0.2, 0.25) is 5.91 Å². The summed E-state index contributed by atoms with van der Waals surface area (Å²) >= 11 is 7.08. The van der Waals surface area contributed by atoms with Gasteiger partial charge in [-0.3, -0.25) is 9.59 Å². The van der Waals surface area contributed by atoms with Gasteiger partial charge in [0.05, 0.1) is 4.47 Å². The van der Waals surface area contributed by atoms with E-state index in [1.54, 1.807) is 11.9 Å². The highest BCUT2D eigenvalue weighted by molar-refractivity contribution is 9.10. The third-order valence-electron chi connectivity index (χ3n) is 5.91. The molecular weight excluding hydrogens is 584 g/mol. The zero-order valence-electron chi connectivity index (χ0n) is 21.1. The molecule has 0 aromatic heterocycles. The Hall–Kier alpha value is -2.64. The maximum absolute atomic E-state index is 13.6. The van der Waals surface area contributed by atoms with Crippen molar-refractivity contribution in [1.82, 2.24) is 10.2 Å². The molecule has 5 nitrogen and oxygen atoms in total. The summed E-state index contributed by atoms with van der Waals surface area (Å²) in [4.78, 5) is 28.2. The maximum Gasteiger partial charge on any atom is 0.261 e. The van der Waals surface area contributed by atoms with Gasteiger partial charge in [-0.25, -0.2) is 0 Å². The van der Waals surface area contributed by atoms with E-state index >= 15 is 0 Å². The van der Waals surface area contributed by atoms with Crippen LogP contribution in [-0.4, -0.2) is 36.4 Å². The third-order valence-corrected chi connectivity index (χ3v) is 7.02. The topological polar surface area (TPSA) is 58.6 Å². The molecule has 0 unspecified atom stereocenters. The van der Waals surface area contributed by atoms with Gasteiger partial charge < -0.3 is 15.0 Å². The number of amides is 2. The lowest BCUT2D eigenvalue weighted by Crippen LogP contribution is -2.51. The molecule has 0 fully saturated rings. The molecule has 36 heavy (non-hydrogen) atoms. The quantitative estimate of drug-likeness (QED) is 0.308. The molecule has 3 aromatic rings. The Bertz CT molecular complexity index is 1190. The van der Waals surface area contributed by atoms with Gasteiger partial charge in [0.1, 0.15) is 11.8 Å². The zero-order valence-corrected chi connectivity index (χ0v) is 24.2. The fourth-order valence-corrected chi connectivity index (χ4v) is 4.80. The molecule has 3 rings (SSSR count). The van der Waals surface area contributed by atoms with Gasteiger partial charge in [-0.1, -0.05) is 85.2 Å². The van der Waals surface area contributed by atoms with Crippen molar-refractivity contribution < 1.29 is 14.3 Å². The van der Waals surface area contributed by atoms with E-state index in [2.05, 4.69) is 57.9 Å². The lowest BCUT2D eigenvalue weighted by molar-refractivity contribution is -0.142. The van der Waals surface area contributed by atoms with Crippen LogP contribution in [-0.2, 0) is 28.0 Å². The predicted molar refractivity (Wildman–Crippen MR) is 151 cm³/mol. The molecule has 1 atom stereocenters. The molecule has 0 aliphatic rings. The van der Waals surface area contributed by atoms with Gasteiger partial charge >= 0.3 is 0 Å². The summed E-state index contributed by atoms with van der Waals surface area (Å²) in [6, 6.07) is 22.6. The number of benzene rings is 3. The van der Waals surface area contributed by atoms with Gasteiger partial charge in [0.25, 0.3) is 5.91 Å². The molecule has 7 heteroatoms. The number of carbonyl (C=O) groups excluding carboxylic acids is 2. The molecule has 0 heterocycles. The molecule has 0 aliphatic heterocycles. The Labute approximate surface area is 230 Å². The molecule has 3 aromatic carbocycles. The molecular formula is C29H32Br2N2O3. The Morgan fingerprint density at radius 1 is 0.944 bits per heavy atom. The van der Waals surface area contributed by atoms with Crippen LogP contribution < -0.4 is 10.1 Å². The summed E-state index contributed by atoms with van der Waals surface area (Å²) in [5.41, 5.74) is 3.04. The van der Waals surface area contributed by atoms with E-state index in [-0.39, 0.29) is 30.4 Å². The van der Waals surface area contributed by atoms with E-state index in [1.807, 2.05) is 72.8 Å². The molecule has 0 radical (unpaired) electrons. The van der Waals surface area contributed by atoms with Crippen molar-refractivity contribution in [3.05, 3.63) is 98.4 Å². The monoisotopic (exact) mass is 614 g/mol. The number of halogens is 2. The van der Waals surface area contributed by atoms with Gasteiger partial charge in [-0.2, -0.15) is 0 Å². The van der Waals surface area contributed by atoms with Crippen molar-refractivity contribution in [2.75, 3.05) is 13.7 Å². The summed E-state index contributed by atoms with van der Waals surface area (Å²) in [5.74, 6) is 0.0857. The average molecular weight is 616 g/mol. The minimum Gasteiger partial charge on any atom is -0.483 e. The van der Waals surface area contributed by atoms with Crippen LogP contribution >= 0.6 is 31.9 Å². The van der Waals surface area contributed by atoms with E-state index in [4.69, 9.17) is 4.74 Å². The molecule has 190 valence electrons. The number of hydrogen-bond donors (Lipinski definition) is 1. The van der Waals surface area contributed by atoms with Crippen LogP contribution in [0.3, 0.4) is 0 Å². The fourth-order valence-electron chi connectivity index (χ4n) is 3.86. The predicted octanol–water partition coefficient (Wildman–Crippen LogP) is 6.27. The van der Waals surface area contributed by atoms with Crippen molar-refractivity contribution in [1.29, 1.82) is 0 Å². The molecule has 0 aliphatic carbocycles. The third kappa shape index (κ3) is 7.68. The van der Waals surface area contributed by atoms with Gasteiger partial charge in [-0.05, 0) is 62.3 Å². The van der Waals surface area contributed by atoms with Crippen LogP contribution in [0, 0.1) is 0 Å². The lowest BCUT2D eigenvalue weighted by Gasteiger charge is -2.31. The number of likely N-dealkylation sites (N-methyl/N-ethyl adjacent to an activating group) is 1. The van der Waals surface area contributed by atoms with Crippen LogP contribution in [0.4, 0.5) is 0 Å². The van der Waals surface area contributed by atoms with Crippen molar-refractivity contribution in [2.45, 2.75) is 45.2 Å². The first-order valence-corrected chi connectivity index (χ1v) is 13.4.